The number of rotatable bonds is 6. The Bertz CT molecular complexity index is 514. The van der Waals surface area contributed by atoms with Crippen molar-refractivity contribution in [3.8, 4) is 0 Å². The molecule has 1 aliphatic rings. The van der Waals surface area contributed by atoms with Crippen LogP contribution < -0.4 is 5.32 Å². The van der Waals surface area contributed by atoms with Gasteiger partial charge in [0.2, 0.25) is 0 Å². The van der Waals surface area contributed by atoms with E-state index in [2.05, 4.69) is 5.32 Å². The number of fused-ring (bicyclic) bond motifs is 1. The predicted octanol–water partition coefficient (Wildman–Crippen LogP) is 0.936. The van der Waals surface area contributed by atoms with Crippen LogP contribution >= 0.6 is 0 Å². The number of hydrogen-bond donors (Lipinski definition) is 2. The van der Waals surface area contributed by atoms with Gasteiger partial charge in [-0.2, -0.15) is 0 Å². The van der Waals surface area contributed by atoms with E-state index >= 15 is 0 Å². The molecule has 2 N–H and O–H groups in total. The molecule has 0 saturated heterocycles. The minimum Gasteiger partial charge on any atom is -0.481 e. The monoisotopic (exact) mass is 279 g/mol. The van der Waals surface area contributed by atoms with Crippen LogP contribution in [0.25, 0.3) is 0 Å². The zero-order valence-corrected chi connectivity index (χ0v) is 11.2. The Morgan fingerprint density at radius 3 is 2.85 bits per heavy atom. The minimum atomic E-state index is -0.958. The first kappa shape index (κ1) is 14.5. The van der Waals surface area contributed by atoms with Gasteiger partial charge < -0.3 is 19.9 Å². The standard InChI is InChI=1S/C14H17NO5/c1-19-12(5-13(16)17)6-15-14(18)9-2-3-10-7-20-8-11(10)4-9/h2-4,12H,5-8H2,1H3,(H,15,18)(H,16,17). The molecular weight excluding hydrogens is 262 g/mol. The van der Waals surface area contributed by atoms with E-state index in [0.717, 1.165) is 11.1 Å². The topological polar surface area (TPSA) is 84.9 Å². The van der Waals surface area contributed by atoms with Crippen LogP contribution in [-0.2, 0) is 27.5 Å². The summed E-state index contributed by atoms with van der Waals surface area (Å²) in [4.78, 5) is 22.6. The molecule has 1 aliphatic heterocycles. The Morgan fingerprint density at radius 1 is 1.40 bits per heavy atom. The van der Waals surface area contributed by atoms with Gasteiger partial charge in [0.25, 0.3) is 5.91 Å². The number of hydrogen-bond acceptors (Lipinski definition) is 4. The molecule has 0 bridgehead atoms. The second-order valence-electron chi connectivity index (χ2n) is 4.64. The highest BCUT2D eigenvalue weighted by Gasteiger charge is 2.16. The Balaban J connectivity index is 1.93. The summed E-state index contributed by atoms with van der Waals surface area (Å²) in [5.41, 5.74) is 2.66. The lowest BCUT2D eigenvalue weighted by molar-refractivity contribution is -0.139. The number of carbonyl (C=O) groups is 2. The van der Waals surface area contributed by atoms with Gasteiger partial charge in [-0.05, 0) is 23.3 Å². The Hall–Kier alpha value is -1.92. The van der Waals surface area contributed by atoms with Crippen molar-refractivity contribution in [1.29, 1.82) is 0 Å². The third-order valence-electron chi connectivity index (χ3n) is 3.21. The molecule has 1 amide bonds. The highest BCUT2D eigenvalue weighted by molar-refractivity contribution is 5.94. The second kappa shape index (κ2) is 6.49. The molecule has 1 unspecified atom stereocenters. The maximum absolute atomic E-state index is 12.0. The van der Waals surface area contributed by atoms with Crippen molar-refractivity contribution < 1.29 is 24.2 Å². The summed E-state index contributed by atoms with van der Waals surface area (Å²) in [6.07, 6.45) is -0.677. The third-order valence-corrected chi connectivity index (χ3v) is 3.21. The van der Waals surface area contributed by atoms with Crippen molar-refractivity contribution in [2.75, 3.05) is 13.7 Å². The van der Waals surface area contributed by atoms with Crippen LogP contribution in [-0.4, -0.2) is 36.7 Å². The van der Waals surface area contributed by atoms with Crippen molar-refractivity contribution in [2.24, 2.45) is 0 Å². The maximum Gasteiger partial charge on any atom is 0.306 e. The van der Waals surface area contributed by atoms with Gasteiger partial charge >= 0.3 is 5.97 Å². The van der Waals surface area contributed by atoms with Gasteiger partial charge in [0.05, 0.1) is 25.7 Å². The molecule has 20 heavy (non-hydrogen) atoms. The lowest BCUT2D eigenvalue weighted by Crippen LogP contribution is -2.34. The van der Waals surface area contributed by atoms with Crippen molar-refractivity contribution in [1.82, 2.24) is 5.32 Å². The zero-order valence-electron chi connectivity index (χ0n) is 11.2. The van der Waals surface area contributed by atoms with E-state index in [9.17, 15) is 9.59 Å². The number of amides is 1. The molecule has 1 atom stereocenters. The summed E-state index contributed by atoms with van der Waals surface area (Å²) >= 11 is 0. The van der Waals surface area contributed by atoms with E-state index in [1.807, 2.05) is 6.07 Å². The summed E-state index contributed by atoms with van der Waals surface area (Å²) in [5, 5.41) is 11.4. The van der Waals surface area contributed by atoms with Gasteiger partial charge in [0, 0.05) is 19.2 Å². The molecule has 0 fully saturated rings. The fourth-order valence-electron chi connectivity index (χ4n) is 2.06. The molecule has 6 heteroatoms. The SMILES string of the molecule is COC(CNC(=O)c1ccc2c(c1)COC2)CC(=O)O. The molecule has 0 saturated carbocycles. The zero-order chi connectivity index (χ0) is 14.5. The van der Waals surface area contributed by atoms with E-state index in [4.69, 9.17) is 14.6 Å². The average Bonchev–Trinajstić information content (AvgIpc) is 2.89. The highest BCUT2D eigenvalue weighted by Crippen LogP contribution is 2.20. The van der Waals surface area contributed by atoms with Crippen LogP contribution in [0.15, 0.2) is 18.2 Å². The summed E-state index contributed by atoms with van der Waals surface area (Å²) in [7, 11) is 1.42. The average molecular weight is 279 g/mol. The van der Waals surface area contributed by atoms with Crippen LogP contribution in [0.1, 0.15) is 27.9 Å². The van der Waals surface area contributed by atoms with Gasteiger partial charge in [0.15, 0.2) is 0 Å². The lowest BCUT2D eigenvalue weighted by atomic mass is 10.1. The van der Waals surface area contributed by atoms with Crippen LogP contribution in [0.3, 0.4) is 0 Å². The van der Waals surface area contributed by atoms with Gasteiger partial charge in [-0.15, -0.1) is 0 Å². The molecule has 2 rings (SSSR count). The molecule has 108 valence electrons. The number of carboxylic acids is 1. The van der Waals surface area contributed by atoms with Crippen molar-refractivity contribution in [2.45, 2.75) is 25.7 Å². The number of benzene rings is 1. The van der Waals surface area contributed by atoms with E-state index in [1.54, 1.807) is 12.1 Å². The number of aliphatic carboxylic acids is 1. The fourth-order valence-corrected chi connectivity index (χ4v) is 2.06. The van der Waals surface area contributed by atoms with Crippen LogP contribution in [0, 0.1) is 0 Å². The van der Waals surface area contributed by atoms with Gasteiger partial charge in [-0.25, -0.2) is 0 Å². The van der Waals surface area contributed by atoms with Crippen LogP contribution in [0.4, 0.5) is 0 Å². The number of methoxy groups -OCH3 is 1. The van der Waals surface area contributed by atoms with E-state index < -0.39 is 12.1 Å². The normalized spacial score (nSPS) is 14.7. The van der Waals surface area contributed by atoms with Crippen LogP contribution in [0.2, 0.25) is 0 Å². The number of carbonyl (C=O) groups excluding carboxylic acids is 1. The molecule has 0 aromatic heterocycles. The molecule has 0 radical (unpaired) electrons. The first-order valence-corrected chi connectivity index (χ1v) is 6.32. The number of carboxylic acid groups (broad SMARTS) is 1. The number of nitrogens with one attached hydrogen (secondary N) is 1. The van der Waals surface area contributed by atoms with Gasteiger partial charge in [0.1, 0.15) is 0 Å². The van der Waals surface area contributed by atoms with E-state index in [0.29, 0.717) is 18.8 Å². The summed E-state index contributed by atoms with van der Waals surface area (Å²) in [6, 6.07) is 5.42. The van der Waals surface area contributed by atoms with E-state index in [-0.39, 0.29) is 18.9 Å². The summed E-state index contributed by atoms with van der Waals surface area (Å²) in [5.74, 6) is -1.20. The first-order chi connectivity index (χ1) is 9.60. The maximum atomic E-state index is 12.0. The van der Waals surface area contributed by atoms with Gasteiger partial charge in [-0.1, -0.05) is 6.07 Å². The van der Waals surface area contributed by atoms with Crippen molar-refractivity contribution in [3.05, 3.63) is 34.9 Å². The quantitative estimate of drug-likeness (QED) is 0.809. The Morgan fingerprint density at radius 2 is 2.15 bits per heavy atom. The Labute approximate surface area is 116 Å². The van der Waals surface area contributed by atoms with Crippen LogP contribution in [0.5, 0.6) is 0 Å². The summed E-state index contributed by atoms with van der Waals surface area (Å²) < 4.78 is 10.3. The molecule has 6 nitrogen and oxygen atoms in total. The molecular formula is C14H17NO5. The van der Waals surface area contributed by atoms with Crippen molar-refractivity contribution >= 4 is 11.9 Å². The largest absolute Gasteiger partial charge is 0.481 e. The first-order valence-electron chi connectivity index (χ1n) is 6.32. The third kappa shape index (κ3) is 3.55. The fraction of sp³-hybridized carbons (Fsp3) is 0.429. The molecule has 1 heterocycles. The molecule has 1 aromatic carbocycles. The van der Waals surface area contributed by atoms with Crippen molar-refractivity contribution in [3.63, 3.8) is 0 Å². The lowest BCUT2D eigenvalue weighted by Gasteiger charge is -2.14. The van der Waals surface area contributed by atoms with E-state index in [1.165, 1.54) is 7.11 Å². The highest BCUT2D eigenvalue weighted by atomic mass is 16.5. The predicted molar refractivity (Wildman–Crippen MR) is 70.3 cm³/mol. The summed E-state index contributed by atoms with van der Waals surface area (Å²) in [6.45, 7) is 1.27. The smallest absolute Gasteiger partial charge is 0.306 e. The molecule has 1 aromatic rings. The molecule has 0 aliphatic carbocycles. The number of ether oxygens (including phenoxy) is 2. The van der Waals surface area contributed by atoms with Gasteiger partial charge in [-0.3, -0.25) is 9.59 Å². The minimum absolute atomic E-state index is 0.144. The molecule has 0 spiro atoms. The second-order valence-corrected chi connectivity index (χ2v) is 4.64. The Kier molecular flexibility index (Phi) is 4.70.